The Hall–Kier alpha value is -1.55. The van der Waals surface area contributed by atoms with Gasteiger partial charge in [-0.1, -0.05) is 12.1 Å². The molecule has 1 aliphatic rings. The van der Waals surface area contributed by atoms with Crippen LogP contribution in [-0.4, -0.2) is 41.2 Å². The van der Waals surface area contributed by atoms with E-state index < -0.39 is 0 Å². The molecule has 0 saturated carbocycles. The molecule has 0 spiro atoms. The maximum atomic E-state index is 12.3. The van der Waals surface area contributed by atoms with E-state index in [1.54, 1.807) is 6.92 Å². The maximum Gasteiger partial charge on any atom is 0.226 e. The van der Waals surface area contributed by atoms with E-state index in [0.29, 0.717) is 19.4 Å². The lowest BCUT2D eigenvalue weighted by atomic mass is 10.1. The van der Waals surface area contributed by atoms with E-state index in [2.05, 4.69) is 0 Å². The number of likely N-dealkylation sites (tertiary alicyclic amines) is 1. The molecule has 1 heterocycles. The van der Waals surface area contributed by atoms with Crippen LogP contribution < -0.4 is 4.74 Å². The minimum absolute atomic E-state index is 0.130. The molecule has 1 saturated heterocycles. The fourth-order valence-corrected chi connectivity index (χ4v) is 2.91. The highest BCUT2D eigenvalue weighted by Gasteiger charge is 2.29. The summed E-state index contributed by atoms with van der Waals surface area (Å²) >= 11 is 0. The molecule has 1 N–H and O–H groups in total. The van der Waals surface area contributed by atoms with Crippen molar-refractivity contribution < 1.29 is 14.6 Å². The van der Waals surface area contributed by atoms with Crippen LogP contribution in [0.2, 0.25) is 0 Å². The van der Waals surface area contributed by atoms with Gasteiger partial charge < -0.3 is 14.7 Å². The number of ether oxygens (including phenoxy) is 1. The van der Waals surface area contributed by atoms with Crippen molar-refractivity contribution in [3.63, 3.8) is 0 Å². The Bertz CT molecular complexity index is 473. The molecule has 4 heteroatoms. The first-order chi connectivity index (χ1) is 10.1. The predicted octanol–water partition coefficient (Wildman–Crippen LogP) is 2.53. The normalized spacial score (nSPS) is 19.6. The highest BCUT2D eigenvalue weighted by Crippen LogP contribution is 2.22. The average molecular weight is 291 g/mol. The number of nitrogens with zero attached hydrogens (tertiary/aromatic N) is 1. The van der Waals surface area contributed by atoms with Crippen molar-refractivity contribution in [2.75, 3.05) is 13.2 Å². The molecular formula is C17H25NO3. The number of carbonyl (C=O) groups excluding carboxylic acids is 1. The monoisotopic (exact) mass is 291 g/mol. The Morgan fingerprint density at radius 2 is 2.33 bits per heavy atom. The van der Waals surface area contributed by atoms with Gasteiger partial charge in [0.15, 0.2) is 0 Å². The molecule has 2 rings (SSSR count). The van der Waals surface area contributed by atoms with E-state index >= 15 is 0 Å². The van der Waals surface area contributed by atoms with Gasteiger partial charge in [0.25, 0.3) is 0 Å². The van der Waals surface area contributed by atoms with E-state index in [-0.39, 0.29) is 18.1 Å². The van der Waals surface area contributed by atoms with Gasteiger partial charge in [-0.25, -0.2) is 0 Å². The summed E-state index contributed by atoms with van der Waals surface area (Å²) in [4.78, 5) is 14.2. The van der Waals surface area contributed by atoms with Gasteiger partial charge in [-0.2, -0.15) is 0 Å². The second-order valence-corrected chi connectivity index (χ2v) is 5.88. The van der Waals surface area contributed by atoms with Crippen LogP contribution in [0.4, 0.5) is 0 Å². The summed E-state index contributed by atoms with van der Waals surface area (Å²) in [5, 5.41) is 9.50. The van der Waals surface area contributed by atoms with E-state index in [1.165, 1.54) is 0 Å². The quantitative estimate of drug-likeness (QED) is 0.876. The number of amides is 1. The third kappa shape index (κ3) is 4.74. The zero-order valence-corrected chi connectivity index (χ0v) is 12.9. The molecule has 0 radical (unpaired) electrons. The van der Waals surface area contributed by atoms with Gasteiger partial charge in [-0.3, -0.25) is 4.79 Å². The largest absolute Gasteiger partial charge is 0.493 e. The highest BCUT2D eigenvalue weighted by molar-refractivity contribution is 5.77. The Balaban J connectivity index is 1.78. The number of rotatable bonds is 6. The number of benzene rings is 1. The molecule has 4 nitrogen and oxygen atoms in total. The van der Waals surface area contributed by atoms with Crippen LogP contribution in [0, 0.1) is 6.92 Å². The molecule has 1 aliphatic heterocycles. The fraction of sp³-hybridized carbons (Fsp3) is 0.588. The standard InChI is InChI=1S/C17H25NO3/c1-13-5-3-7-16(11-13)21-10-8-17(20)18-9-4-6-15(18)12-14(2)19/h3,5,7,11,14-15,19H,4,6,8-10,12H2,1-2H3. The lowest BCUT2D eigenvalue weighted by Crippen LogP contribution is -2.37. The highest BCUT2D eigenvalue weighted by atomic mass is 16.5. The molecule has 1 fully saturated rings. The van der Waals surface area contributed by atoms with Gasteiger partial charge in [0.2, 0.25) is 5.91 Å². The first-order valence-corrected chi connectivity index (χ1v) is 7.73. The van der Waals surface area contributed by atoms with Gasteiger partial charge >= 0.3 is 0 Å². The molecule has 1 amide bonds. The van der Waals surface area contributed by atoms with Gasteiger partial charge in [0, 0.05) is 12.6 Å². The molecular weight excluding hydrogens is 266 g/mol. The summed E-state index contributed by atoms with van der Waals surface area (Å²) in [6.07, 6.45) is 2.73. The van der Waals surface area contributed by atoms with Gasteiger partial charge in [0.05, 0.1) is 19.1 Å². The van der Waals surface area contributed by atoms with E-state index in [9.17, 15) is 9.90 Å². The predicted molar refractivity (Wildman–Crippen MR) is 82.3 cm³/mol. The van der Waals surface area contributed by atoms with Crippen molar-refractivity contribution in [3.05, 3.63) is 29.8 Å². The van der Waals surface area contributed by atoms with Crippen LogP contribution in [0.1, 0.15) is 38.2 Å². The lowest BCUT2D eigenvalue weighted by Gasteiger charge is -2.25. The summed E-state index contributed by atoms with van der Waals surface area (Å²) in [6.45, 7) is 5.01. The van der Waals surface area contributed by atoms with Gasteiger partial charge in [-0.15, -0.1) is 0 Å². The van der Waals surface area contributed by atoms with Crippen LogP contribution >= 0.6 is 0 Å². The summed E-state index contributed by atoms with van der Waals surface area (Å²) in [5.74, 6) is 0.940. The molecule has 0 aliphatic carbocycles. The number of aryl methyl sites for hydroxylation is 1. The molecule has 116 valence electrons. The van der Waals surface area contributed by atoms with Crippen LogP contribution in [0.25, 0.3) is 0 Å². The van der Waals surface area contributed by atoms with E-state index in [1.807, 2.05) is 36.1 Å². The third-order valence-electron chi connectivity index (χ3n) is 3.88. The average Bonchev–Trinajstić information content (AvgIpc) is 2.86. The number of hydrogen-bond acceptors (Lipinski definition) is 3. The summed E-state index contributed by atoms with van der Waals surface area (Å²) < 4.78 is 5.64. The van der Waals surface area contributed by atoms with Crippen molar-refractivity contribution >= 4 is 5.91 Å². The lowest BCUT2D eigenvalue weighted by molar-refractivity contribution is -0.132. The zero-order valence-electron chi connectivity index (χ0n) is 12.9. The number of aliphatic hydroxyl groups is 1. The second kappa shape index (κ2) is 7.46. The van der Waals surface area contributed by atoms with Gasteiger partial charge in [-0.05, 0) is 50.8 Å². The Morgan fingerprint density at radius 1 is 1.52 bits per heavy atom. The van der Waals surface area contributed by atoms with Crippen molar-refractivity contribution in [1.29, 1.82) is 0 Å². The fourth-order valence-electron chi connectivity index (χ4n) is 2.91. The van der Waals surface area contributed by atoms with Gasteiger partial charge in [0.1, 0.15) is 5.75 Å². The van der Waals surface area contributed by atoms with Crippen LogP contribution in [0.5, 0.6) is 5.75 Å². The number of carbonyl (C=O) groups is 1. The molecule has 2 unspecified atom stereocenters. The third-order valence-corrected chi connectivity index (χ3v) is 3.88. The maximum absolute atomic E-state index is 12.3. The molecule has 21 heavy (non-hydrogen) atoms. The van der Waals surface area contributed by atoms with E-state index in [4.69, 9.17) is 4.74 Å². The topological polar surface area (TPSA) is 49.8 Å². The molecule has 0 aromatic heterocycles. The smallest absolute Gasteiger partial charge is 0.226 e. The number of aliphatic hydroxyl groups excluding tert-OH is 1. The first kappa shape index (κ1) is 15.8. The second-order valence-electron chi connectivity index (χ2n) is 5.88. The molecule has 2 atom stereocenters. The van der Waals surface area contributed by atoms with Crippen molar-refractivity contribution in [1.82, 2.24) is 4.90 Å². The SMILES string of the molecule is Cc1cccc(OCCC(=O)N2CCCC2CC(C)O)c1. The Labute approximate surface area is 126 Å². The summed E-state index contributed by atoms with van der Waals surface area (Å²) in [7, 11) is 0. The summed E-state index contributed by atoms with van der Waals surface area (Å²) in [6, 6.07) is 8.03. The first-order valence-electron chi connectivity index (χ1n) is 7.73. The van der Waals surface area contributed by atoms with Crippen LogP contribution in [-0.2, 0) is 4.79 Å². The molecule has 1 aromatic rings. The molecule has 0 bridgehead atoms. The van der Waals surface area contributed by atoms with Crippen molar-refractivity contribution in [2.45, 2.75) is 51.7 Å². The Kier molecular flexibility index (Phi) is 5.62. The summed E-state index contributed by atoms with van der Waals surface area (Å²) in [5.41, 5.74) is 1.15. The minimum Gasteiger partial charge on any atom is -0.493 e. The van der Waals surface area contributed by atoms with Crippen molar-refractivity contribution in [2.24, 2.45) is 0 Å². The zero-order chi connectivity index (χ0) is 15.2. The van der Waals surface area contributed by atoms with Crippen LogP contribution in [0.15, 0.2) is 24.3 Å². The molecule has 1 aromatic carbocycles. The minimum atomic E-state index is -0.355. The Morgan fingerprint density at radius 3 is 3.05 bits per heavy atom. The van der Waals surface area contributed by atoms with Crippen molar-refractivity contribution in [3.8, 4) is 5.75 Å². The van der Waals surface area contributed by atoms with Crippen LogP contribution in [0.3, 0.4) is 0 Å². The number of hydrogen-bond donors (Lipinski definition) is 1. The van der Waals surface area contributed by atoms with E-state index in [0.717, 1.165) is 30.7 Å².